The molecule has 0 saturated heterocycles. The van der Waals surface area contributed by atoms with Crippen LogP contribution in [-0.2, 0) is 4.84 Å². The van der Waals surface area contributed by atoms with E-state index in [0.717, 1.165) is 5.71 Å². The molecular formula is C9H17NO2. The van der Waals surface area contributed by atoms with E-state index in [1.807, 2.05) is 6.92 Å². The van der Waals surface area contributed by atoms with Gasteiger partial charge >= 0.3 is 0 Å². The summed E-state index contributed by atoms with van der Waals surface area (Å²) in [6, 6.07) is 0. The maximum atomic E-state index is 8.92. The molecule has 3 heteroatoms. The van der Waals surface area contributed by atoms with Gasteiger partial charge in [0.25, 0.3) is 0 Å². The Morgan fingerprint density at radius 3 is 2.33 bits per heavy atom. The highest BCUT2D eigenvalue weighted by molar-refractivity contribution is 5.92. The lowest BCUT2D eigenvalue weighted by atomic mass is 9.81. The first-order valence-corrected chi connectivity index (χ1v) is 4.32. The monoisotopic (exact) mass is 171 g/mol. The van der Waals surface area contributed by atoms with E-state index in [-0.39, 0.29) is 24.0 Å². The van der Waals surface area contributed by atoms with Crippen LogP contribution in [0.1, 0.15) is 27.7 Å². The number of hydrogen-bond acceptors (Lipinski definition) is 3. The third kappa shape index (κ3) is 1.61. The molecule has 0 aromatic heterocycles. The Hall–Kier alpha value is -0.570. The number of nitrogens with zero attached hydrogens (tertiary/aromatic N) is 1. The summed E-state index contributed by atoms with van der Waals surface area (Å²) in [7, 11) is 0. The van der Waals surface area contributed by atoms with Gasteiger partial charge < -0.3 is 9.94 Å². The molecule has 0 amide bonds. The van der Waals surface area contributed by atoms with E-state index >= 15 is 0 Å². The summed E-state index contributed by atoms with van der Waals surface area (Å²) >= 11 is 0. The molecule has 0 aromatic rings. The van der Waals surface area contributed by atoms with E-state index in [0.29, 0.717) is 0 Å². The topological polar surface area (TPSA) is 41.8 Å². The fourth-order valence-corrected chi connectivity index (χ4v) is 1.49. The van der Waals surface area contributed by atoms with E-state index in [2.05, 4.69) is 25.9 Å². The van der Waals surface area contributed by atoms with Gasteiger partial charge in [-0.1, -0.05) is 32.9 Å². The molecule has 1 N–H and O–H groups in total. The molecule has 0 unspecified atom stereocenters. The van der Waals surface area contributed by atoms with Crippen LogP contribution in [0.25, 0.3) is 0 Å². The van der Waals surface area contributed by atoms with Crippen LogP contribution >= 0.6 is 0 Å². The molecule has 0 radical (unpaired) electrons. The van der Waals surface area contributed by atoms with Crippen LogP contribution in [0.4, 0.5) is 0 Å². The first-order chi connectivity index (χ1) is 5.46. The van der Waals surface area contributed by atoms with Gasteiger partial charge in [-0.3, -0.25) is 0 Å². The second-order valence-electron chi connectivity index (χ2n) is 4.34. The van der Waals surface area contributed by atoms with Crippen molar-refractivity contribution in [2.45, 2.75) is 33.8 Å². The zero-order valence-electron chi connectivity index (χ0n) is 8.16. The van der Waals surface area contributed by atoms with Gasteiger partial charge in [-0.25, -0.2) is 0 Å². The summed E-state index contributed by atoms with van der Waals surface area (Å²) < 4.78 is 0. The predicted octanol–water partition coefficient (Wildman–Crippen LogP) is 1.42. The number of hydrogen-bond donors (Lipinski definition) is 1. The minimum absolute atomic E-state index is 0.0450. The second kappa shape index (κ2) is 3.05. The van der Waals surface area contributed by atoms with Gasteiger partial charge in [-0.15, -0.1) is 0 Å². The minimum atomic E-state index is -0.140. The average Bonchev–Trinajstić information content (AvgIpc) is 2.29. The molecule has 0 saturated carbocycles. The Morgan fingerprint density at radius 1 is 1.50 bits per heavy atom. The lowest BCUT2D eigenvalue weighted by Crippen LogP contribution is -2.31. The lowest BCUT2D eigenvalue weighted by molar-refractivity contribution is 0.0211. The predicted molar refractivity (Wildman–Crippen MR) is 48.0 cm³/mol. The van der Waals surface area contributed by atoms with Crippen LogP contribution in [0.15, 0.2) is 5.16 Å². The standard InChI is InChI=1S/C9H17NO2/c1-6-7(5-11)12-10-8(6)9(2,3)4/h6-7,11H,5H2,1-4H3/t6-,7-/m1/s1. The highest BCUT2D eigenvalue weighted by atomic mass is 16.6. The average molecular weight is 171 g/mol. The lowest BCUT2D eigenvalue weighted by Gasteiger charge is -2.21. The van der Waals surface area contributed by atoms with E-state index in [1.54, 1.807) is 0 Å². The van der Waals surface area contributed by atoms with E-state index in [4.69, 9.17) is 9.94 Å². The van der Waals surface area contributed by atoms with Crippen molar-refractivity contribution >= 4 is 5.71 Å². The third-order valence-corrected chi connectivity index (χ3v) is 2.22. The van der Waals surface area contributed by atoms with Gasteiger partial charge in [-0.2, -0.15) is 0 Å². The fourth-order valence-electron chi connectivity index (χ4n) is 1.49. The SMILES string of the molecule is C[C@H]1C(C(C)(C)C)=NO[C@@H]1CO. The summed E-state index contributed by atoms with van der Waals surface area (Å²) in [6.07, 6.45) is -0.140. The van der Waals surface area contributed by atoms with Gasteiger partial charge in [0.05, 0.1) is 12.3 Å². The van der Waals surface area contributed by atoms with Crippen LogP contribution < -0.4 is 0 Å². The van der Waals surface area contributed by atoms with Crippen molar-refractivity contribution in [1.29, 1.82) is 0 Å². The molecule has 0 aromatic carbocycles. The second-order valence-corrected chi connectivity index (χ2v) is 4.34. The van der Waals surface area contributed by atoms with Gasteiger partial charge in [0.1, 0.15) is 0 Å². The van der Waals surface area contributed by atoms with Gasteiger partial charge in [0, 0.05) is 11.3 Å². The Kier molecular flexibility index (Phi) is 2.42. The first-order valence-electron chi connectivity index (χ1n) is 4.32. The summed E-state index contributed by atoms with van der Waals surface area (Å²) in [5.74, 6) is 0.231. The summed E-state index contributed by atoms with van der Waals surface area (Å²) in [4.78, 5) is 5.09. The molecule has 3 nitrogen and oxygen atoms in total. The highest BCUT2D eigenvalue weighted by Gasteiger charge is 2.36. The zero-order valence-corrected chi connectivity index (χ0v) is 8.16. The van der Waals surface area contributed by atoms with Gasteiger partial charge in [0.2, 0.25) is 0 Å². The molecule has 70 valence electrons. The van der Waals surface area contributed by atoms with E-state index in [9.17, 15) is 0 Å². The largest absolute Gasteiger partial charge is 0.392 e. The van der Waals surface area contributed by atoms with Crippen molar-refractivity contribution in [3.63, 3.8) is 0 Å². The molecule has 0 fully saturated rings. The maximum absolute atomic E-state index is 8.92. The fraction of sp³-hybridized carbons (Fsp3) is 0.889. The molecule has 2 atom stereocenters. The summed E-state index contributed by atoms with van der Waals surface area (Å²) in [5, 5.41) is 12.9. The van der Waals surface area contributed by atoms with E-state index < -0.39 is 0 Å². The third-order valence-electron chi connectivity index (χ3n) is 2.22. The minimum Gasteiger partial charge on any atom is -0.392 e. The number of rotatable bonds is 1. The van der Waals surface area contributed by atoms with Crippen LogP contribution in [0.3, 0.4) is 0 Å². The molecule has 1 heterocycles. The van der Waals surface area contributed by atoms with Crippen molar-refractivity contribution in [1.82, 2.24) is 0 Å². The zero-order chi connectivity index (χ0) is 9.35. The maximum Gasteiger partial charge on any atom is 0.158 e. The van der Waals surface area contributed by atoms with Gasteiger partial charge in [0.15, 0.2) is 6.10 Å². The Balaban J connectivity index is 2.71. The van der Waals surface area contributed by atoms with Crippen molar-refractivity contribution in [2.75, 3.05) is 6.61 Å². The van der Waals surface area contributed by atoms with E-state index in [1.165, 1.54) is 0 Å². The molecule has 1 aliphatic rings. The van der Waals surface area contributed by atoms with Crippen molar-refractivity contribution < 1.29 is 9.94 Å². The quantitative estimate of drug-likeness (QED) is 0.648. The molecule has 0 bridgehead atoms. The summed E-state index contributed by atoms with van der Waals surface area (Å²) in [6.45, 7) is 8.39. The van der Waals surface area contributed by atoms with Crippen LogP contribution in [0, 0.1) is 11.3 Å². The van der Waals surface area contributed by atoms with Crippen LogP contribution in [0.2, 0.25) is 0 Å². The molecule has 1 rings (SSSR count). The number of aliphatic hydroxyl groups excluding tert-OH is 1. The van der Waals surface area contributed by atoms with Crippen molar-refractivity contribution in [2.24, 2.45) is 16.5 Å². The van der Waals surface area contributed by atoms with Crippen LogP contribution in [-0.4, -0.2) is 23.5 Å². The molecule has 0 aliphatic carbocycles. The van der Waals surface area contributed by atoms with Crippen molar-refractivity contribution in [3.8, 4) is 0 Å². The molecule has 0 spiro atoms. The molecule has 12 heavy (non-hydrogen) atoms. The van der Waals surface area contributed by atoms with Crippen LogP contribution in [0.5, 0.6) is 0 Å². The first kappa shape index (κ1) is 9.52. The normalized spacial score (nSPS) is 29.9. The Morgan fingerprint density at radius 2 is 2.08 bits per heavy atom. The Labute approximate surface area is 73.4 Å². The van der Waals surface area contributed by atoms with Gasteiger partial charge in [-0.05, 0) is 0 Å². The summed E-state index contributed by atoms with van der Waals surface area (Å²) in [5.41, 5.74) is 1.09. The number of oxime groups is 1. The van der Waals surface area contributed by atoms with Crippen molar-refractivity contribution in [3.05, 3.63) is 0 Å². The smallest absolute Gasteiger partial charge is 0.158 e. The molecular weight excluding hydrogens is 154 g/mol. The number of aliphatic hydroxyl groups is 1. The Bertz CT molecular complexity index is 193. The highest BCUT2D eigenvalue weighted by Crippen LogP contribution is 2.29. The molecule has 1 aliphatic heterocycles.